The lowest BCUT2D eigenvalue weighted by molar-refractivity contribution is -0.138. The van der Waals surface area contributed by atoms with Crippen molar-refractivity contribution < 1.29 is 27.9 Å². The maximum atomic E-state index is 13.5. The number of urea groups is 1. The van der Waals surface area contributed by atoms with Crippen LogP contribution >= 0.6 is 0 Å². The highest BCUT2D eigenvalue weighted by molar-refractivity contribution is 5.78. The molecule has 3 aromatic rings. The molecule has 0 spiro atoms. The third kappa shape index (κ3) is 5.39. The van der Waals surface area contributed by atoms with Crippen LogP contribution in [0.25, 0.3) is 11.1 Å². The molecular formula is C26H23F3N2O3. The second-order valence-electron chi connectivity index (χ2n) is 8.25. The molecule has 1 heterocycles. The summed E-state index contributed by atoms with van der Waals surface area (Å²) in [5.74, 6) is -0.994. The van der Waals surface area contributed by atoms with Gasteiger partial charge in [-0.25, -0.2) is 4.79 Å². The lowest BCUT2D eigenvalue weighted by Crippen LogP contribution is -2.31. The molecule has 176 valence electrons. The lowest BCUT2D eigenvalue weighted by Gasteiger charge is -2.21. The average molecular weight is 468 g/mol. The normalized spacial score (nSPS) is 14.0. The summed E-state index contributed by atoms with van der Waals surface area (Å²) in [7, 11) is 0. The number of amides is 2. The standard InChI is InChI=1S/C26H23F3N2O3/c27-26(28,29)22-9-10-23(20-8-4-7-19(13-20)14-24(32)33)21(15-22)17-31-12-11-30(25(31)34)16-18-5-2-1-3-6-18/h1-10,13,15H,11-12,14,16-17H2,(H,32,33). The number of carboxylic acid groups (broad SMARTS) is 1. The van der Waals surface area contributed by atoms with Crippen molar-refractivity contribution in [1.82, 2.24) is 9.80 Å². The van der Waals surface area contributed by atoms with Crippen LogP contribution in [0, 0.1) is 0 Å². The van der Waals surface area contributed by atoms with Crippen LogP contribution in [-0.4, -0.2) is 40.0 Å². The van der Waals surface area contributed by atoms with Crippen LogP contribution in [0.1, 0.15) is 22.3 Å². The highest BCUT2D eigenvalue weighted by Crippen LogP contribution is 2.34. The van der Waals surface area contributed by atoms with E-state index >= 15 is 0 Å². The summed E-state index contributed by atoms with van der Waals surface area (Å²) in [6, 6.07) is 19.5. The van der Waals surface area contributed by atoms with Crippen LogP contribution in [0.15, 0.2) is 72.8 Å². The van der Waals surface area contributed by atoms with Gasteiger partial charge in [-0.15, -0.1) is 0 Å². The fourth-order valence-corrected chi connectivity index (χ4v) is 4.14. The fraction of sp³-hybridized carbons (Fsp3) is 0.231. The van der Waals surface area contributed by atoms with Gasteiger partial charge in [-0.1, -0.05) is 60.7 Å². The Morgan fingerprint density at radius 2 is 1.53 bits per heavy atom. The van der Waals surface area contributed by atoms with Crippen LogP contribution in [0.2, 0.25) is 0 Å². The van der Waals surface area contributed by atoms with E-state index in [1.807, 2.05) is 30.3 Å². The Hall–Kier alpha value is -3.81. The molecule has 1 aliphatic rings. The van der Waals surface area contributed by atoms with Gasteiger partial charge in [0, 0.05) is 26.2 Å². The first kappa shape index (κ1) is 23.4. The topological polar surface area (TPSA) is 60.9 Å². The second-order valence-corrected chi connectivity index (χ2v) is 8.25. The van der Waals surface area contributed by atoms with Crippen molar-refractivity contribution in [3.8, 4) is 11.1 Å². The Labute approximate surface area is 195 Å². The predicted molar refractivity (Wildman–Crippen MR) is 121 cm³/mol. The first-order valence-corrected chi connectivity index (χ1v) is 10.8. The van der Waals surface area contributed by atoms with Crippen LogP contribution in [0.5, 0.6) is 0 Å². The molecule has 0 atom stereocenters. The molecule has 3 aromatic carbocycles. The van der Waals surface area contributed by atoms with Crippen molar-refractivity contribution in [1.29, 1.82) is 0 Å². The molecule has 1 aliphatic heterocycles. The number of alkyl halides is 3. The zero-order valence-electron chi connectivity index (χ0n) is 18.3. The van der Waals surface area contributed by atoms with Crippen molar-refractivity contribution in [2.45, 2.75) is 25.7 Å². The number of carboxylic acids is 1. The molecule has 0 bridgehead atoms. The van der Waals surface area contributed by atoms with Gasteiger partial charge in [0.05, 0.1) is 12.0 Å². The summed E-state index contributed by atoms with van der Waals surface area (Å²) in [6.45, 7) is 1.34. The quantitative estimate of drug-likeness (QED) is 0.503. The van der Waals surface area contributed by atoms with Gasteiger partial charge in [0.15, 0.2) is 0 Å². The Morgan fingerprint density at radius 3 is 2.21 bits per heavy atom. The smallest absolute Gasteiger partial charge is 0.416 e. The summed E-state index contributed by atoms with van der Waals surface area (Å²) in [5.41, 5.74) is 2.23. The number of nitrogens with zero attached hydrogens (tertiary/aromatic N) is 2. The molecule has 0 unspecified atom stereocenters. The van der Waals surface area contributed by atoms with Gasteiger partial charge < -0.3 is 14.9 Å². The SMILES string of the molecule is O=C(O)Cc1cccc(-c2ccc(C(F)(F)F)cc2CN2CCN(Cc3ccccc3)C2=O)c1. The van der Waals surface area contributed by atoms with Gasteiger partial charge >= 0.3 is 18.2 Å². The minimum atomic E-state index is -4.52. The van der Waals surface area contributed by atoms with Crippen molar-refractivity contribution in [3.05, 3.63) is 95.1 Å². The second kappa shape index (κ2) is 9.59. The minimum absolute atomic E-state index is 0.0204. The van der Waals surface area contributed by atoms with Crippen LogP contribution in [-0.2, 0) is 30.5 Å². The van der Waals surface area contributed by atoms with E-state index in [2.05, 4.69) is 0 Å². The maximum absolute atomic E-state index is 13.5. The van der Waals surface area contributed by atoms with E-state index in [0.29, 0.717) is 41.9 Å². The molecular weight excluding hydrogens is 445 g/mol. The van der Waals surface area contributed by atoms with Crippen molar-refractivity contribution in [2.75, 3.05) is 13.1 Å². The van der Waals surface area contributed by atoms with E-state index in [-0.39, 0.29) is 19.0 Å². The molecule has 0 aromatic heterocycles. The lowest BCUT2D eigenvalue weighted by atomic mass is 9.95. The molecule has 34 heavy (non-hydrogen) atoms. The molecule has 1 N–H and O–H groups in total. The predicted octanol–water partition coefficient (Wildman–Crippen LogP) is 5.44. The van der Waals surface area contributed by atoms with Crippen LogP contribution in [0.3, 0.4) is 0 Å². The number of halogens is 3. The van der Waals surface area contributed by atoms with Crippen molar-refractivity contribution in [2.24, 2.45) is 0 Å². The van der Waals surface area contributed by atoms with E-state index in [1.54, 1.807) is 34.1 Å². The monoisotopic (exact) mass is 468 g/mol. The van der Waals surface area contributed by atoms with Gasteiger partial charge in [0.2, 0.25) is 0 Å². The number of hydrogen-bond acceptors (Lipinski definition) is 2. The highest BCUT2D eigenvalue weighted by atomic mass is 19.4. The molecule has 1 fully saturated rings. The van der Waals surface area contributed by atoms with E-state index in [1.165, 1.54) is 6.07 Å². The van der Waals surface area contributed by atoms with Crippen LogP contribution in [0.4, 0.5) is 18.0 Å². The molecule has 0 aliphatic carbocycles. The Morgan fingerprint density at radius 1 is 0.853 bits per heavy atom. The molecule has 1 saturated heterocycles. The third-order valence-electron chi connectivity index (χ3n) is 5.78. The summed E-state index contributed by atoms with van der Waals surface area (Å²) in [5, 5.41) is 9.08. The van der Waals surface area contributed by atoms with Gasteiger partial charge in [-0.3, -0.25) is 4.79 Å². The van der Waals surface area contributed by atoms with Crippen molar-refractivity contribution in [3.63, 3.8) is 0 Å². The van der Waals surface area contributed by atoms with E-state index in [0.717, 1.165) is 17.7 Å². The summed E-state index contributed by atoms with van der Waals surface area (Å²) in [6.07, 6.45) is -4.71. The Kier molecular flexibility index (Phi) is 6.58. The first-order valence-electron chi connectivity index (χ1n) is 10.8. The van der Waals surface area contributed by atoms with Gasteiger partial charge in [-0.2, -0.15) is 13.2 Å². The van der Waals surface area contributed by atoms with E-state index in [4.69, 9.17) is 5.11 Å². The minimum Gasteiger partial charge on any atom is -0.481 e. The Balaban J connectivity index is 1.62. The number of hydrogen-bond donors (Lipinski definition) is 1. The maximum Gasteiger partial charge on any atom is 0.416 e. The molecule has 5 nitrogen and oxygen atoms in total. The zero-order chi connectivity index (χ0) is 24.3. The van der Waals surface area contributed by atoms with E-state index in [9.17, 15) is 22.8 Å². The van der Waals surface area contributed by atoms with Crippen LogP contribution < -0.4 is 0 Å². The number of carbonyl (C=O) groups excluding carboxylic acids is 1. The largest absolute Gasteiger partial charge is 0.481 e. The van der Waals surface area contributed by atoms with Gasteiger partial charge in [0.1, 0.15) is 0 Å². The highest BCUT2D eigenvalue weighted by Gasteiger charge is 2.33. The van der Waals surface area contributed by atoms with Gasteiger partial charge in [0.25, 0.3) is 0 Å². The number of aliphatic carboxylic acids is 1. The Bertz CT molecular complexity index is 1200. The zero-order valence-corrected chi connectivity index (χ0v) is 18.3. The first-order chi connectivity index (χ1) is 16.2. The number of rotatable bonds is 7. The number of carbonyl (C=O) groups is 2. The molecule has 4 rings (SSSR count). The molecule has 8 heteroatoms. The van der Waals surface area contributed by atoms with E-state index < -0.39 is 17.7 Å². The molecule has 2 amide bonds. The summed E-state index contributed by atoms with van der Waals surface area (Å²) < 4.78 is 40.4. The van der Waals surface area contributed by atoms with Gasteiger partial charge in [-0.05, 0) is 39.9 Å². The number of benzene rings is 3. The van der Waals surface area contributed by atoms with Crippen molar-refractivity contribution >= 4 is 12.0 Å². The summed E-state index contributed by atoms with van der Waals surface area (Å²) >= 11 is 0. The molecule has 0 radical (unpaired) electrons. The third-order valence-corrected chi connectivity index (χ3v) is 5.78. The average Bonchev–Trinajstić information content (AvgIpc) is 3.12. The summed E-state index contributed by atoms with van der Waals surface area (Å²) in [4.78, 5) is 27.3. The fourth-order valence-electron chi connectivity index (χ4n) is 4.14. The molecule has 0 saturated carbocycles.